The van der Waals surface area contributed by atoms with Gasteiger partial charge in [0.25, 0.3) is 0 Å². The highest BCUT2D eigenvalue weighted by Crippen LogP contribution is 2.14. The number of carbonyl (C=O) groups excluding carboxylic acids is 1. The molecule has 0 spiro atoms. The summed E-state index contributed by atoms with van der Waals surface area (Å²) in [7, 11) is 0. The Hall–Kier alpha value is -0.610. The summed E-state index contributed by atoms with van der Waals surface area (Å²) in [5, 5.41) is 3.02. The maximum absolute atomic E-state index is 11.2. The molecule has 0 unspecified atom stereocenters. The van der Waals surface area contributed by atoms with Gasteiger partial charge in [-0.25, -0.2) is 0 Å². The molecule has 1 heterocycles. The van der Waals surface area contributed by atoms with Crippen LogP contribution in [0.4, 0.5) is 0 Å². The number of hydrogen-bond donors (Lipinski definition) is 1. The van der Waals surface area contributed by atoms with Crippen molar-refractivity contribution in [3.05, 3.63) is 0 Å². The van der Waals surface area contributed by atoms with Crippen LogP contribution in [-0.4, -0.2) is 38.9 Å². The Labute approximate surface area is 91.3 Å². The van der Waals surface area contributed by atoms with Crippen LogP contribution in [0.15, 0.2) is 0 Å². The van der Waals surface area contributed by atoms with Gasteiger partial charge in [-0.05, 0) is 31.7 Å². The van der Waals surface area contributed by atoms with E-state index in [1.54, 1.807) is 0 Å². The van der Waals surface area contributed by atoms with E-state index in [1.165, 1.54) is 0 Å². The van der Waals surface area contributed by atoms with Crippen LogP contribution in [0, 0.1) is 5.92 Å². The van der Waals surface area contributed by atoms with Crippen molar-refractivity contribution in [2.24, 2.45) is 5.92 Å². The highest BCUT2D eigenvalue weighted by Gasteiger charge is 2.15. The monoisotopic (exact) mass is 215 g/mol. The number of hydrogen-bond acceptors (Lipinski definition) is 4. The summed E-state index contributed by atoms with van der Waals surface area (Å²) in [5.74, 6) is 0.351. The van der Waals surface area contributed by atoms with Crippen LogP contribution in [0.5, 0.6) is 0 Å². The first-order chi connectivity index (χ1) is 7.33. The van der Waals surface area contributed by atoms with Crippen LogP contribution in [-0.2, 0) is 14.3 Å². The predicted octanol–water partition coefficient (Wildman–Crippen LogP) is 0.956. The Kier molecular flexibility index (Phi) is 6.36. The summed E-state index contributed by atoms with van der Waals surface area (Å²) in [6.45, 7) is 5.42. The molecule has 1 aliphatic heterocycles. The van der Waals surface area contributed by atoms with E-state index >= 15 is 0 Å². The van der Waals surface area contributed by atoms with Crippen molar-refractivity contribution in [1.82, 2.24) is 5.32 Å². The van der Waals surface area contributed by atoms with Gasteiger partial charge < -0.3 is 14.8 Å². The van der Waals surface area contributed by atoms with Gasteiger partial charge in [-0.15, -0.1) is 0 Å². The molecule has 1 fully saturated rings. The maximum atomic E-state index is 11.2. The summed E-state index contributed by atoms with van der Waals surface area (Å²) >= 11 is 0. The molecule has 0 aromatic rings. The fraction of sp³-hybridized carbons (Fsp3) is 0.909. The van der Waals surface area contributed by atoms with Gasteiger partial charge in [-0.3, -0.25) is 4.79 Å². The molecule has 15 heavy (non-hydrogen) atoms. The lowest BCUT2D eigenvalue weighted by Crippen LogP contribution is -2.28. The largest absolute Gasteiger partial charge is 0.464 e. The molecule has 0 amide bonds. The molecule has 0 atom stereocenters. The summed E-state index contributed by atoms with van der Waals surface area (Å²) in [5.41, 5.74) is 0. The summed E-state index contributed by atoms with van der Waals surface area (Å²) in [6.07, 6.45) is 3.05. The third kappa shape index (κ3) is 5.74. The van der Waals surface area contributed by atoms with Gasteiger partial charge in [0.2, 0.25) is 0 Å². The third-order valence-corrected chi connectivity index (χ3v) is 2.52. The molecule has 88 valence electrons. The quantitative estimate of drug-likeness (QED) is 0.529. The zero-order chi connectivity index (χ0) is 10.9. The summed E-state index contributed by atoms with van der Waals surface area (Å²) < 4.78 is 10.4. The first kappa shape index (κ1) is 12.5. The summed E-state index contributed by atoms with van der Waals surface area (Å²) in [4.78, 5) is 11.2. The van der Waals surface area contributed by atoms with Crippen LogP contribution < -0.4 is 5.32 Å². The number of nitrogens with one attached hydrogen (secondary N) is 1. The molecule has 4 heteroatoms. The molecule has 1 saturated heterocycles. The Bertz CT molecular complexity index is 179. The fourth-order valence-corrected chi connectivity index (χ4v) is 1.54. The standard InChI is InChI=1S/C11H21NO3/c1-2-5-12-8-11(13)15-9-10-3-6-14-7-4-10/h10,12H,2-9H2,1H3. The van der Waals surface area contributed by atoms with E-state index in [0.717, 1.165) is 39.0 Å². The van der Waals surface area contributed by atoms with Crippen LogP contribution >= 0.6 is 0 Å². The van der Waals surface area contributed by atoms with E-state index in [4.69, 9.17) is 9.47 Å². The average Bonchev–Trinajstić information content (AvgIpc) is 2.28. The zero-order valence-corrected chi connectivity index (χ0v) is 9.46. The van der Waals surface area contributed by atoms with Crippen molar-refractivity contribution in [3.63, 3.8) is 0 Å². The Morgan fingerprint density at radius 3 is 2.87 bits per heavy atom. The second-order valence-electron chi connectivity index (χ2n) is 3.92. The average molecular weight is 215 g/mol. The Balaban J connectivity index is 2.00. The highest BCUT2D eigenvalue weighted by molar-refractivity contribution is 5.71. The summed E-state index contributed by atoms with van der Waals surface area (Å²) in [6, 6.07) is 0. The topological polar surface area (TPSA) is 47.6 Å². The van der Waals surface area contributed by atoms with E-state index < -0.39 is 0 Å². The molecule has 0 aromatic heterocycles. The minimum absolute atomic E-state index is 0.144. The van der Waals surface area contributed by atoms with Crippen molar-refractivity contribution >= 4 is 5.97 Å². The van der Waals surface area contributed by atoms with Crippen LogP contribution in [0.1, 0.15) is 26.2 Å². The lowest BCUT2D eigenvalue weighted by atomic mass is 10.0. The van der Waals surface area contributed by atoms with Crippen molar-refractivity contribution in [2.75, 3.05) is 32.9 Å². The molecule has 0 bridgehead atoms. The Morgan fingerprint density at radius 1 is 1.47 bits per heavy atom. The number of esters is 1. The maximum Gasteiger partial charge on any atom is 0.319 e. The van der Waals surface area contributed by atoms with Crippen molar-refractivity contribution < 1.29 is 14.3 Å². The van der Waals surface area contributed by atoms with Crippen molar-refractivity contribution in [1.29, 1.82) is 0 Å². The second kappa shape index (κ2) is 7.65. The van der Waals surface area contributed by atoms with Gasteiger partial charge in [0.1, 0.15) is 0 Å². The van der Waals surface area contributed by atoms with Gasteiger partial charge in [0, 0.05) is 13.2 Å². The van der Waals surface area contributed by atoms with Crippen LogP contribution in [0.3, 0.4) is 0 Å². The van der Waals surface area contributed by atoms with Crippen LogP contribution in [0.2, 0.25) is 0 Å². The first-order valence-electron chi connectivity index (χ1n) is 5.77. The third-order valence-electron chi connectivity index (χ3n) is 2.52. The van der Waals surface area contributed by atoms with E-state index in [2.05, 4.69) is 12.2 Å². The minimum Gasteiger partial charge on any atom is -0.464 e. The Morgan fingerprint density at radius 2 is 2.20 bits per heavy atom. The number of rotatable bonds is 6. The fourth-order valence-electron chi connectivity index (χ4n) is 1.54. The van der Waals surface area contributed by atoms with E-state index in [0.29, 0.717) is 19.1 Å². The zero-order valence-electron chi connectivity index (χ0n) is 9.46. The minimum atomic E-state index is -0.144. The smallest absolute Gasteiger partial charge is 0.319 e. The lowest BCUT2D eigenvalue weighted by Gasteiger charge is -2.21. The molecule has 1 aliphatic rings. The first-order valence-corrected chi connectivity index (χ1v) is 5.77. The molecular weight excluding hydrogens is 194 g/mol. The normalized spacial score (nSPS) is 17.7. The second-order valence-corrected chi connectivity index (χ2v) is 3.92. The molecule has 1 rings (SSSR count). The van der Waals surface area contributed by atoms with Gasteiger partial charge in [-0.1, -0.05) is 6.92 Å². The molecule has 0 saturated carbocycles. The number of carbonyl (C=O) groups is 1. The number of ether oxygens (including phenoxy) is 2. The molecule has 0 aliphatic carbocycles. The van der Waals surface area contributed by atoms with E-state index in [1.807, 2.05) is 0 Å². The molecule has 1 N–H and O–H groups in total. The molecular formula is C11H21NO3. The highest BCUT2D eigenvalue weighted by atomic mass is 16.5. The van der Waals surface area contributed by atoms with Gasteiger partial charge in [0.15, 0.2) is 0 Å². The molecule has 0 radical (unpaired) electrons. The van der Waals surface area contributed by atoms with Gasteiger partial charge in [-0.2, -0.15) is 0 Å². The van der Waals surface area contributed by atoms with Gasteiger partial charge in [0.05, 0.1) is 13.2 Å². The predicted molar refractivity (Wildman–Crippen MR) is 57.7 cm³/mol. The molecule has 4 nitrogen and oxygen atoms in total. The molecule has 0 aromatic carbocycles. The van der Waals surface area contributed by atoms with Crippen molar-refractivity contribution in [2.45, 2.75) is 26.2 Å². The van der Waals surface area contributed by atoms with Gasteiger partial charge >= 0.3 is 5.97 Å². The van der Waals surface area contributed by atoms with E-state index in [9.17, 15) is 4.79 Å². The lowest BCUT2D eigenvalue weighted by molar-refractivity contribution is -0.144. The van der Waals surface area contributed by atoms with Crippen molar-refractivity contribution in [3.8, 4) is 0 Å². The van der Waals surface area contributed by atoms with Crippen LogP contribution in [0.25, 0.3) is 0 Å². The van der Waals surface area contributed by atoms with E-state index in [-0.39, 0.29) is 5.97 Å². The SMILES string of the molecule is CCCNCC(=O)OCC1CCOCC1.